The molecule has 2 aromatic carbocycles. The number of hydrogen-bond acceptors (Lipinski definition) is 4. The van der Waals surface area contributed by atoms with E-state index in [2.05, 4.69) is 0 Å². The fourth-order valence-corrected chi connectivity index (χ4v) is 4.53. The number of carbonyl (C=O) groups is 1. The van der Waals surface area contributed by atoms with Crippen molar-refractivity contribution in [1.29, 1.82) is 0 Å². The van der Waals surface area contributed by atoms with Gasteiger partial charge in [-0.1, -0.05) is 43.3 Å². The van der Waals surface area contributed by atoms with Gasteiger partial charge in [-0.3, -0.25) is 0 Å². The summed E-state index contributed by atoms with van der Waals surface area (Å²) in [7, 11) is 0. The van der Waals surface area contributed by atoms with Crippen LogP contribution in [0.15, 0.2) is 42.5 Å². The Labute approximate surface area is 174 Å². The highest BCUT2D eigenvalue weighted by Crippen LogP contribution is 2.47. The summed E-state index contributed by atoms with van der Waals surface area (Å²) >= 11 is 0. The van der Waals surface area contributed by atoms with E-state index in [1.807, 2.05) is 31.2 Å². The first-order valence-electron chi connectivity index (χ1n) is 10.3. The zero-order valence-corrected chi connectivity index (χ0v) is 16.9. The number of aliphatic hydroxyl groups is 1. The maximum absolute atomic E-state index is 15.2. The lowest BCUT2D eigenvalue weighted by atomic mass is 9.80. The number of nitrogens with zero attached hydrogens (tertiary/aromatic N) is 1. The summed E-state index contributed by atoms with van der Waals surface area (Å²) in [5.74, 6) is -0.393. The van der Waals surface area contributed by atoms with Crippen molar-refractivity contribution in [3.8, 4) is 11.1 Å². The highest BCUT2D eigenvalue weighted by Gasteiger charge is 2.51. The lowest BCUT2D eigenvalue weighted by Crippen LogP contribution is -2.54. The van der Waals surface area contributed by atoms with E-state index in [4.69, 9.17) is 9.47 Å². The molecule has 2 aliphatic rings. The summed E-state index contributed by atoms with van der Waals surface area (Å²) in [6.07, 6.45) is -1.14. The van der Waals surface area contributed by atoms with Crippen LogP contribution in [0.4, 0.5) is 9.18 Å². The Balaban J connectivity index is 1.85. The van der Waals surface area contributed by atoms with Gasteiger partial charge in [0.1, 0.15) is 17.5 Å². The highest BCUT2D eigenvalue weighted by molar-refractivity contribution is 5.70. The van der Waals surface area contributed by atoms with E-state index in [1.54, 1.807) is 12.1 Å². The molecule has 160 valence electrons. The van der Waals surface area contributed by atoms with Gasteiger partial charge >= 0.3 is 6.09 Å². The number of morpholine rings is 1. The Hall–Kier alpha value is -2.48. The fourth-order valence-electron chi connectivity index (χ4n) is 4.53. The van der Waals surface area contributed by atoms with Crippen LogP contribution < -0.4 is 0 Å². The van der Waals surface area contributed by atoms with Crippen molar-refractivity contribution in [3.63, 3.8) is 0 Å². The summed E-state index contributed by atoms with van der Waals surface area (Å²) < 4.78 is 27.2. The van der Waals surface area contributed by atoms with Crippen molar-refractivity contribution in [1.82, 2.24) is 4.90 Å². The molecule has 1 amide bonds. The Morgan fingerprint density at radius 2 is 2.10 bits per heavy atom. The van der Waals surface area contributed by atoms with E-state index in [9.17, 15) is 15.0 Å². The Kier molecular flexibility index (Phi) is 5.77. The molecule has 1 unspecified atom stereocenters. The van der Waals surface area contributed by atoms with Gasteiger partial charge in [0.2, 0.25) is 0 Å². The molecule has 7 heteroatoms. The minimum absolute atomic E-state index is 0.0903. The lowest BCUT2D eigenvalue weighted by Gasteiger charge is -2.42. The number of hydrogen-bond donors (Lipinski definition) is 2. The molecule has 4 rings (SSSR count). The first-order valence-corrected chi connectivity index (χ1v) is 10.3. The molecule has 0 saturated carbocycles. The van der Waals surface area contributed by atoms with Crippen LogP contribution in [0.1, 0.15) is 30.9 Å². The van der Waals surface area contributed by atoms with Crippen molar-refractivity contribution in [3.05, 3.63) is 59.4 Å². The zero-order valence-electron chi connectivity index (χ0n) is 16.9. The van der Waals surface area contributed by atoms with Gasteiger partial charge in [0.25, 0.3) is 0 Å². The molecule has 2 N–H and O–H groups in total. The number of aliphatic hydroxyl groups excluding tert-OH is 1. The molecular weight excluding hydrogens is 389 g/mol. The van der Waals surface area contributed by atoms with E-state index >= 15 is 4.39 Å². The number of rotatable bonds is 4. The van der Waals surface area contributed by atoms with Crippen LogP contribution in [0.25, 0.3) is 11.1 Å². The van der Waals surface area contributed by atoms with Gasteiger partial charge in [-0.05, 0) is 35.6 Å². The van der Waals surface area contributed by atoms with Gasteiger partial charge in [-0.25, -0.2) is 9.18 Å². The second-order valence-electron chi connectivity index (χ2n) is 7.81. The van der Waals surface area contributed by atoms with Crippen LogP contribution in [-0.4, -0.2) is 53.3 Å². The standard InChI is InChI=1S/C23H26FNO5/c1-2-15-5-3-6-16(13-15)21-17(7-4-8-18(21)24)23(10-9-20(26)30-23)19-14-25(22(27)28)11-12-29-19/h3-8,13,19-20,26H,2,9-12,14H2,1H3,(H,27,28)/t19-,20?,23-/m1/s1. The Morgan fingerprint density at radius 3 is 2.80 bits per heavy atom. The first kappa shape index (κ1) is 20.8. The third-order valence-corrected chi connectivity index (χ3v) is 6.06. The summed E-state index contributed by atoms with van der Waals surface area (Å²) in [6.45, 7) is 2.61. The normalized spacial score (nSPS) is 26.7. The maximum atomic E-state index is 15.2. The molecule has 0 radical (unpaired) electrons. The molecule has 2 aromatic rings. The van der Waals surface area contributed by atoms with Crippen molar-refractivity contribution in [2.45, 2.75) is 44.2 Å². The molecule has 0 aliphatic carbocycles. The number of amides is 1. The predicted molar refractivity (Wildman–Crippen MR) is 109 cm³/mol. The summed E-state index contributed by atoms with van der Waals surface area (Å²) in [5, 5.41) is 19.7. The monoisotopic (exact) mass is 415 g/mol. The number of aryl methyl sites for hydroxylation is 1. The minimum atomic E-state index is -1.15. The quantitative estimate of drug-likeness (QED) is 0.795. The van der Waals surface area contributed by atoms with Crippen molar-refractivity contribution >= 4 is 6.09 Å². The van der Waals surface area contributed by atoms with E-state index in [1.165, 1.54) is 11.0 Å². The molecule has 30 heavy (non-hydrogen) atoms. The first-order chi connectivity index (χ1) is 14.4. The average molecular weight is 415 g/mol. The molecule has 2 fully saturated rings. The fraction of sp³-hybridized carbons (Fsp3) is 0.435. The summed E-state index contributed by atoms with van der Waals surface area (Å²) in [5.41, 5.74) is 1.63. The molecule has 3 atom stereocenters. The van der Waals surface area contributed by atoms with Crippen molar-refractivity contribution in [2.75, 3.05) is 19.7 Å². The van der Waals surface area contributed by atoms with Crippen LogP contribution in [0.5, 0.6) is 0 Å². The number of ether oxygens (including phenoxy) is 2. The van der Waals surface area contributed by atoms with Crippen molar-refractivity contribution < 1.29 is 28.9 Å². The minimum Gasteiger partial charge on any atom is -0.465 e. The summed E-state index contributed by atoms with van der Waals surface area (Å²) in [6, 6.07) is 12.5. The van der Waals surface area contributed by atoms with Crippen LogP contribution in [0.3, 0.4) is 0 Å². The van der Waals surface area contributed by atoms with E-state index in [-0.39, 0.29) is 19.7 Å². The largest absolute Gasteiger partial charge is 0.465 e. The summed E-state index contributed by atoms with van der Waals surface area (Å²) in [4.78, 5) is 12.8. The highest BCUT2D eigenvalue weighted by atomic mass is 19.1. The second-order valence-corrected chi connectivity index (χ2v) is 7.81. The smallest absolute Gasteiger partial charge is 0.407 e. The Bertz CT molecular complexity index is 936. The second kappa shape index (κ2) is 8.34. The van der Waals surface area contributed by atoms with Gasteiger partial charge in [-0.2, -0.15) is 0 Å². The molecule has 0 spiro atoms. The van der Waals surface area contributed by atoms with Gasteiger partial charge in [0, 0.05) is 18.5 Å². The SMILES string of the molecule is CCc1cccc(-c2c(F)cccc2[C@@]2([C@H]3CN(C(=O)O)CCO3)CCC(O)O2)c1. The molecule has 0 bridgehead atoms. The van der Waals surface area contributed by atoms with Gasteiger partial charge in [-0.15, -0.1) is 0 Å². The third-order valence-electron chi connectivity index (χ3n) is 6.06. The average Bonchev–Trinajstić information content (AvgIpc) is 3.16. The van der Waals surface area contributed by atoms with Crippen LogP contribution >= 0.6 is 0 Å². The molecule has 0 aromatic heterocycles. The van der Waals surface area contributed by atoms with Crippen molar-refractivity contribution in [2.24, 2.45) is 0 Å². The van der Waals surface area contributed by atoms with E-state index in [0.29, 0.717) is 24.0 Å². The molecule has 6 nitrogen and oxygen atoms in total. The zero-order chi connectivity index (χ0) is 21.3. The molecule has 2 heterocycles. The van der Waals surface area contributed by atoms with Crippen LogP contribution in [0, 0.1) is 5.82 Å². The number of benzene rings is 2. The third kappa shape index (κ3) is 3.69. The van der Waals surface area contributed by atoms with E-state index in [0.717, 1.165) is 17.5 Å². The van der Waals surface area contributed by atoms with Gasteiger partial charge < -0.3 is 24.6 Å². The lowest BCUT2D eigenvalue weighted by molar-refractivity contribution is -0.205. The van der Waals surface area contributed by atoms with Gasteiger partial charge in [0.15, 0.2) is 6.29 Å². The molecule has 2 saturated heterocycles. The predicted octanol–water partition coefficient (Wildman–Crippen LogP) is 3.76. The van der Waals surface area contributed by atoms with Gasteiger partial charge in [0.05, 0.1) is 13.2 Å². The Morgan fingerprint density at radius 1 is 1.30 bits per heavy atom. The number of halogens is 1. The van der Waals surface area contributed by atoms with Crippen LogP contribution in [-0.2, 0) is 21.5 Å². The number of carboxylic acid groups (broad SMARTS) is 1. The maximum Gasteiger partial charge on any atom is 0.407 e. The molecular formula is C23H26FNO5. The molecule has 2 aliphatic heterocycles. The topological polar surface area (TPSA) is 79.2 Å². The van der Waals surface area contributed by atoms with Crippen LogP contribution in [0.2, 0.25) is 0 Å². The van der Waals surface area contributed by atoms with E-state index < -0.39 is 29.9 Å².